The maximum absolute atomic E-state index is 13.1. The van der Waals surface area contributed by atoms with E-state index in [0.717, 1.165) is 11.3 Å². The van der Waals surface area contributed by atoms with Gasteiger partial charge in [0.2, 0.25) is 11.0 Å². The van der Waals surface area contributed by atoms with E-state index in [4.69, 9.17) is 0 Å². The van der Waals surface area contributed by atoms with Crippen molar-refractivity contribution in [3.8, 4) is 0 Å². The summed E-state index contributed by atoms with van der Waals surface area (Å²) >= 11 is 1.14. The van der Waals surface area contributed by atoms with Crippen molar-refractivity contribution in [3.05, 3.63) is 75.0 Å². The fourth-order valence-corrected chi connectivity index (χ4v) is 3.95. The SMILES string of the molecule is O=C(Nc1nnc(C2CC(=O)N(c3ccc(F)cc3)C2)s1)c1cccc([N+](=O)[O-])c1. The number of amides is 2. The third-order valence-electron chi connectivity index (χ3n) is 4.59. The summed E-state index contributed by atoms with van der Waals surface area (Å²) in [6.45, 7) is 0.373. The second kappa shape index (κ2) is 7.95. The summed E-state index contributed by atoms with van der Waals surface area (Å²) in [5.41, 5.74) is 0.540. The van der Waals surface area contributed by atoms with E-state index in [0.29, 0.717) is 17.2 Å². The highest BCUT2D eigenvalue weighted by Crippen LogP contribution is 2.34. The number of hydrogen-bond acceptors (Lipinski definition) is 7. The molecule has 9 nitrogen and oxygen atoms in total. The molecule has 1 N–H and O–H groups in total. The summed E-state index contributed by atoms with van der Waals surface area (Å²) in [5, 5.41) is 22.3. The molecule has 1 aliphatic rings. The van der Waals surface area contributed by atoms with Gasteiger partial charge in [-0.2, -0.15) is 0 Å². The van der Waals surface area contributed by atoms with E-state index in [2.05, 4.69) is 15.5 Å². The first kappa shape index (κ1) is 19.6. The van der Waals surface area contributed by atoms with Crippen molar-refractivity contribution in [1.29, 1.82) is 0 Å². The number of benzene rings is 2. The number of anilines is 2. The number of nitrogens with one attached hydrogen (secondary N) is 1. The summed E-state index contributed by atoms with van der Waals surface area (Å²) in [6.07, 6.45) is 0.227. The molecule has 1 aromatic heterocycles. The zero-order chi connectivity index (χ0) is 21.3. The Morgan fingerprint density at radius 1 is 1.23 bits per heavy atom. The predicted octanol–water partition coefficient (Wildman–Crippen LogP) is 3.36. The van der Waals surface area contributed by atoms with Crippen molar-refractivity contribution in [1.82, 2.24) is 10.2 Å². The highest BCUT2D eigenvalue weighted by atomic mass is 32.1. The van der Waals surface area contributed by atoms with Gasteiger partial charge in [0.1, 0.15) is 10.8 Å². The number of non-ortho nitro benzene ring substituents is 1. The van der Waals surface area contributed by atoms with Gasteiger partial charge < -0.3 is 4.90 Å². The van der Waals surface area contributed by atoms with Crippen LogP contribution < -0.4 is 10.2 Å². The molecule has 11 heteroatoms. The first-order valence-corrected chi connectivity index (χ1v) is 9.67. The number of nitro groups is 1. The number of aromatic nitrogens is 2. The van der Waals surface area contributed by atoms with Crippen LogP contribution in [0, 0.1) is 15.9 Å². The summed E-state index contributed by atoms with van der Waals surface area (Å²) in [7, 11) is 0. The molecule has 2 heterocycles. The monoisotopic (exact) mass is 427 g/mol. The Hall–Kier alpha value is -3.73. The molecule has 0 radical (unpaired) electrons. The average molecular weight is 427 g/mol. The Bertz CT molecular complexity index is 1130. The Labute approximate surface area is 173 Å². The van der Waals surface area contributed by atoms with Crippen LogP contribution in [0.4, 0.5) is 20.9 Å². The first-order chi connectivity index (χ1) is 14.4. The number of carbonyl (C=O) groups excluding carboxylic acids is 2. The van der Waals surface area contributed by atoms with Gasteiger partial charge in [-0.05, 0) is 30.3 Å². The molecule has 1 unspecified atom stereocenters. The minimum Gasteiger partial charge on any atom is -0.312 e. The number of nitro benzene ring substituents is 1. The van der Waals surface area contributed by atoms with E-state index in [1.807, 2.05) is 0 Å². The highest BCUT2D eigenvalue weighted by Gasteiger charge is 2.34. The van der Waals surface area contributed by atoms with E-state index in [9.17, 15) is 24.1 Å². The van der Waals surface area contributed by atoms with Crippen LogP contribution in [0.1, 0.15) is 27.7 Å². The average Bonchev–Trinajstić information content (AvgIpc) is 3.35. The molecule has 0 aliphatic carbocycles. The van der Waals surface area contributed by atoms with Gasteiger partial charge in [-0.15, -0.1) is 10.2 Å². The third kappa shape index (κ3) is 4.01. The van der Waals surface area contributed by atoms with Crippen LogP contribution in [0.25, 0.3) is 0 Å². The largest absolute Gasteiger partial charge is 0.312 e. The second-order valence-corrected chi connectivity index (χ2v) is 7.60. The molecule has 1 atom stereocenters. The zero-order valence-electron chi connectivity index (χ0n) is 15.3. The zero-order valence-corrected chi connectivity index (χ0v) is 16.1. The van der Waals surface area contributed by atoms with Gasteiger partial charge in [0, 0.05) is 42.3 Å². The highest BCUT2D eigenvalue weighted by molar-refractivity contribution is 7.15. The van der Waals surface area contributed by atoms with Gasteiger partial charge >= 0.3 is 0 Å². The quantitative estimate of drug-likeness (QED) is 0.493. The lowest BCUT2D eigenvalue weighted by Gasteiger charge is -2.16. The molecule has 0 saturated carbocycles. The Kier molecular flexibility index (Phi) is 5.19. The molecule has 1 saturated heterocycles. The Morgan fingerprint density at radius 3 is 2.73 bits per heavy atom. The normalized spacial score (nSPS) is 16.0. The minimum atomic E-state index is -0.580. The third-order valence-corrected chi connectivity index (χ3v) is 5.59. The lowest BCUT2D eigenvalue weighted by atomic mass is 10.1. The molecule has 30 heavy (non-hydrogen) atoms. The van der Waals surface area contributed by atoms with Crippen molar-refractivity contribution < 1.29 is 18.9 Å². The summed E-state index contributed by atoms with van der Waals surface area (Å²) < 4.78 is 13.1. The molecular weight excluding hydrogens is 413 g/mol. The van der Waals surface area contributed by atoms with Crippen molar-refractivity contribution in [2.45, 2.75) is 12.3 Å². The number of rotatable bonds is 5. The lowest BCUT2D eigenvalue weighted by Crippen LogP contribution is -2.24. The van der Waals surface area contributed by atoms with E-state index in [-0.39, 0.29) is 40.4 Å². The second-order valence-electron chi connectivity index (χ2n) is 6.59. The number of halogens is 1. The Morgan fingerprint density at radius 2 is 2.00 bits per heavy atom. The smallest absolute Gasteiger partial charge is 0.270 e. The van der Waals surface area contributed by atoms with Gasteiger partial charge in [0.25, 0.3) is 11.6 Å². The summed E-state index contributed by atoms with van der Waals surface area (Å²) in [4.78, 5) is 36.6. The lowest BCUT2D eigenvalue weighted by molar-refractivity contribution is -0.384. The molecule has 3 aromatic rings. The van der Waals surface area contributed by atoms with Crippen LogP contribution >= 0.6 is 11.3 Å². The maximum Gasteiger partial charge on any atom is 0.270 e. The van der Waals surface area contributed by atoms with Gasteiger partial charge in [0.15, 0.2) is 0 Å². The van der Waals surface area contributed by atoms with E-state index in [1.54, 1.807) is 17.0 Å². The maximum atomic E-state index is 13.1. The van der Waals surface area contributed by atoms with Gasteiger partial charge in [-0.1, -0.05) is 17.4 Å². The summed E-state index contributed by atoms with van der Waals surface area (Å²) in [6, 6.07) is 11.0. The van der Waals surface area contributed by atoms with E-state index in [1.165, 1.54) is 36.4 Å². The van der Waals surface area contributed by atoms with Crippen LogP contribution in [0.2, 0.25) is 0 Å². The fourth-order valence-electron chi connectivity index (χ4n) is 3.12. The van der Waals surface area contributed by atoms with Crippen LogP contribution in [0.3, 0.4) is 0 Å². The van der Waals surface area contributed by atoms with Crippen molar-refractivity contribution in [2.75, 3.05) is 16.8 Å². The number of carbonyl (C=O) groups is 2. The van der Waals surface area contributed by atoms with Crippen molar-refractivity contribution in [2.24, 2.45) is 0 Å². The molecule has 2 aromatic carbocycles. The molecule has 4 rings (SSSR count). The van der Waals surface area contributed by atoms with Gasteiger partial charge in [-0.3, -0.25) is 25.0 Å². The predicted molar refractivity (Wildman–Crippen MR) is 107 cm³/mol. The van der Waals surface area contributed by atoms with Gasteiger partial charge in [0.05, 0.1) is 4.92 Å². The van der Waals surface area contributed by atoms with Crippen LogP contribution in [-0.4, -0.2) is 33.5 Å². The van der Waals surface area contributed by atoms with E-state index < -0.39 is 10.8 Å². The topological polar surface area (TPSA) is 118 Å². The van der Waals surface area contributed by atoms with Crippen LogP contribution in [0.5, 0.6) is 0 Å². The fraction of sp³-hybridized carbons (Fsp3) is 0.158. The van der Waals surface area contributed by atoms with Crippen molar-refractivity contribution >= 4 is 39.7 Å². The number of hydrogen-bond donors (Lipinski definition) is 1. The molecule has 1 aliphatic heterocycles. The van der Waals surface area contributed by atoms with Gasteiger partial charge in [-0.25, -0.2) is 4.39 Å². The molecule has 0 bridgehead atoms. The standard InChI is InChI=1S/C19H14FN5O4S/c20-13-4-6-14(7-5-13)24-10-12(9-16(24)26)18-22-23-19(30-18)21-17(27)11-2-1-3-15(8-11)25(28)29/h1-8,12H,9-10H2,(H,21,23,27). The first-order valence-electron chi connectivity index (χ1n) is 8.86. The molecule has 152 valence electrons. The van der Waals surface area contributed by atoms with Crippen LogP contribution in [-0.2, 0) is 4.79 Å². The minimum absolute atomic E-state index is 0.107. The molecule has 1 fully saturated rings. The van der Waals surface area contributed by atoms with E-state index >= 15 is 0 Å². The molecule has 0 spiro atoms. The molecule has 2 amide bonds. The van der Waals surface area contributed by atoms with Crippen molar-refractivity contribution in [3.63, 3.8) is 0 Å². The Balaban J connectivity index is 1.45. The van der Waals surface area contributed by atoms with Crippen LogP contribution in [0.15, 0.2) is 48.5 Å². The number of nitrogens with zero attached hydrogens (tertiary/aromatic N) is 4. The molecular formula is C19H14FN5O4S. The summed E-state index contributed by atoms with van der Waals surface area (Å²) in [5.74, 6) is -1.24.